The van der Waals surface area contributed by atoms with Gasteiger partial charge in [-0.2, -0.15) is 0 Å². The minimum atomic E-state index is -1.38. The molecule has 100 valence electrons. The van der Waals surface area contributed by atoms with Gasteiger partial charge in [0.1, 0.15) is 0 Å². The van der Waals surface area contributed by atoms with E-state index in [0.717, 1.165) is 12.1 Å². The van der Waals surface area contributed by atoms with Crippen molar-refractivity contribution >= 4 is 11.6 Å². The second-order valence-corrected chi connectivity index (χ2v) is 5.63. The number of para-hydroxylation sites is 1. The van der Waals surface area contributed by atoms with Gasteiger partial charge in [-0.25, -0.2) is 0 Å². The molecule has 2 N–H and O–H groups in total. The Balaban J connectivity index is 1.71. The number of rotatable bonds is 2. The number of hydrogen-bond acceptors (Lipinski definition) is 2. The summed E-state index contributed by atoms with van der Waals surface area (Å²) in [6, 6.07) is 17.5. The molecule has 4 rings (SSSR count). The van der Waals surface area contributed by atoms with Crippen LogP contribution < -0.4 is 5.32 Å². The first-order valence-electron chi connectivity index (χ1n) is 6.89. The Morgan fingerprint density at radius 1 is 1.05 bits per heavy atom. The Morgan fingerprint density at radius 2 is 1.75 bits per heavy atom. The van der Waals surface area contributed by atoms with Crippen molar-refractivity contribution in [1.29, 1.82) is 0 Å². The van der Waals surface area contributed by atoms with Crippen molar-refractivity contribution in [2.24, 2.45) is 5.92 Å². The van der Waals surface area contributed by atoms with Gasteiger partial charge in [-0.3, -0.25) is 4.79 Å². The molecule has 0 radical (unpaired) electrons. The van der Waals surface area contributed by atoms with Gasteiger partial charge in [0, 0.05) is 17.2 Å². The maximum Gasteiger partial charge on any atom is 0.261 e. The van der Waals surface area contributed by atoms with Gasteiger partial charge in [-0.15, -0.1) is 0 Å². The Morgan fingerprint density at radius 3 is 2.55 bits per heavy atom. The number of hydrogen-bond donors (Lipinski definition) is 2. The summed E-state index contributed by atoms with van der Waals surface area (Å²) in [5.74, 6) is -0.0613. The lowest BCUT2D eigenvalue weighted by Crippen LogP contribution is -2.36. The molecule has 3 heteroatoms. The molecule has 0 saturated heterocycles. The normalized spacial score (nSPS) is 30.8. The van der Waals surface area contributed by atoms with E-state index in [9.17, 15) is 9.90 Å². The molecule has 2 aromatic rings. The van der Waals surface area contributed by atoms with E-state index in [2.05, 4.69) is 17.4 Å². The average Bonchev–Trinajstić information content (AvgIpc) is 3.24. The number of anilines is 1. The zero-order valence-corrected chi connectivity index (χ0v) is 10.9. The highest BCUT2D eigenvalue weighted by Gasteiger charge is 2.60. The van der Waals surface area contributed by atoms with Crippen molar-refractivity contribution in [3.05, 3.63) is 65.7 Å². The van der Waals surface area contributed by atoms with Crippen LogP contribution in [0, 0.1) is 5.92 Å². The smallest absolute Gasteiger partial charge is 0.261 e. The summed E-state index contributed by atoms with van der Waals surface area (Å²) in [5, 5.41) is 13.8. The van der Waals surface area contributed by atoms with E-state index in [0.29, 0.717) is 5.56 Å². The van der Waals surface area contributed by atoms with Gasteiger partial charge < -0.3 is 10.4 Å². The third kappa shape index (κ3) is 1.47. The summed E-state index contributed by atoms with van der Waals surface area (Å²) >= 11 is 0. The highest BCUT2D eigenvalue weighted by molar-refractivity contribution is 6.05. The van der Waals surface area contributed by atoms with Crippen LogP contribution in [0.1, 0.15) is 23.5 Å². The van der Waals surface area contributed by atoms with Crippen molar-refractivity contribution in [2.75, 3.05) is 5.32 Å². The molecule has 20 heavy (non-hydrogen) atoms. The van der Waals surface area contributed by atoms with E-state index in [1.54, 1.807) is 0 Å². The zero-order chi connectivity index (χ0) is 13.7. The van der Waals surface area contributed by atoms with Crippen LogP contribution >= 0.6 is 0 Å². The predicted molar refractivity (Wildman–Crippen MR) is 76.3 cm³/mol. The number of carbonyl (C=O) groups is 1. The SMILES string of the molecule is O=C1Nc2ccccc2C1(O)C1CC1c1ccccc1. The molecule has 3 unspecified atom stereocenters. The molecular formula is C17H15NO2. The van der Waals surface area contributed by atoms with Crippen molar-refractivity contribution < 1.29 is 9.90 Å². The monoisotopic (exact) mass is 265 g/mol. The fourth-order valence-electron chi connectivity index (χ4n) is 3.36. The first kappa shape index (κ1) is 11.7. The molecule has 1 aliphatic heterocycles. The van der Waals surface area contributed by atoms with Crippen LogP contribution in [0.15, 0.2) is 54.6 Å². The van der Waals surface area contributed by atoms with Crippen LogP contribution in [-0.2, 0) is 10.4 Å². The van der Waals surface area contributed by atoms with E-state index in [4.69, 9.17) is 0 Å². The molecule has 3 atom stereocenters. The largest absolute Gasteiger partial charge is 0.375 e. The molecule has 1 heterocycles. The summed E-state index contributed by atoms with van der Waals surface area (Å²) in [6.45, 7) is 0. The molecular weight excluding hydrogens is 250 g/mol. The van der Waals surface area contributed by atoms with Crippen LogP contribution in [0.4, 0.5) is 5.69 Å². The molecule has 1 amide bonds. The van der Waals surface area contributed by atoms with Gasteiger partial charge in [-0.1, -0.05) is 48.5 Å². The number of benzene rings is 2. The summed E-state index contributed by atoms with van der Waals surface area (Å²) in [5.41, 5.74) is 1.27. The quantitative estimate of drug-likeness (QED) is 0.877. The van der Waals surface area contributed by atoms with Crippen molar-refractivity contribution in [2.45, 2.75) is 17.9 Å². The maximum atomic E-state index is 12.3. The number of amides is 1. The fraction of sp³-hybridized carbons (Fsp3) is 0.235. The van der Waals surface area contributed by atoms with Gasteiger partial charge in [0.25, 0.3) is 5.91 Å². The number of carbonyl (C=O) groups excluding carboxylic acids is 1. The van der Waals surface area contributed by atoms with E-state index in [1.165, 1.54) is 5.56 Å². The third-order valence-corrected chi connectivity index (χ3v) is 4.49. The third-order valence-electron chi connectivity index (χ3n) is 4.49. The molecule has 2 aliphatic rings. The summed E-state index contributed by atoms with van der Waals surface area (Å²) in [6.07, 6.45) is 0.849. The molecule has 1 fully saturated rings. The second-order valence-electron chi connectivity index (χ2n) is 5.63. The fourth-order valence-corrected chi connectivity index (χ4v) is 3.36. The molecule has 2 aromatic carbocycles. The van der Waals surface area contributed by atoms with Crippen LogP contribution in [0.25, 0.3) is 0 Å². The highest BCUT2D eigenvalue weighted by atomic mass is 16.3. The van der Waals surface area contributed by atoms with E-state index in [-0.39, 0.29) is 17.7 Å². The van der Waals surface area contributed by atoms with Crippen LogP contribution in [0.5, 0.6) is 0 Å². The molecule has 1 aliphatic carbocycles. The Hall–Kier alpha value is -2.13. The van der Waals surface area contributed by atoms with Gasteiger partial charge in [0.2, 0.25) is 0 Å². The highest BCUT2D eigenvalue weighted by Crippen LogP contribution is 2.59. The summed E-state index contributed by atoms with van der Waals surface area (Å²) < 4.78 is 0. The van der Waals surface area contributed by atoms with Crippen molar-refractivity contribution in [1.82, 2.24) is 0 Å². The Kier molecular flexibility index (Phi) is 2.30. The zero-order valence-electron chi connectivity index (χ0n) is 10.9. The average molecular weight is 265 g/mol. The van der Waals surface area contributed by atoms with Crippen LogP contribution in [-0.4, -0.2) is 11.0 Å². The van der Waals surface area contributed by atoms with Crippen molar-refractivity contribution in [3.63, 3.8) is 0 Å². The number of aliphatic hydroxyl groups is 1. The van der Waals surface area contributed by atoms with Crippen molar-refractivity contribution in [3.8, 4) is 0 Å². The topological polar surface area (TPSA) is 49.3 Å². The lowest BCUT2D eigenvalue weighted by molar-refractivity contribution is -0.136. The summed E-state index contributed by atoms with van der Waals surface area (Å²) in [7, 11) is 0. The summed E-state index contributed by atoms with van der Waals surface area (Å²) in [4.78, 5) is 12.3. The molecule has 0 spiro atoms. The second kappa shape index (κ2) is 3.93. The Labute approximate surface area is 117 Å². The van der Waals surface area contributed by atoms with E-state index >= 15 is 0 Å². The lowest BCUT2D eigenvalue weighted by Gasteiger charge is -2.21. The lowest BCUT2D eigenvalue weighted by atomic mass is 9.88. The first-order chi connectivity index (χ1) is 9.71. The predicted octanol–water partition coefficient (Wildman–Crippen LogP) is 2.63. The van der Waals surface area contributed by atoms with E-state index < -0.39 is 5.60 Å². The molecule has 0 bridgehead atoms. The maximum absolute atomic E-state index is 12.3. The standard InChI is InChI=1S/C17H15NO2/c19-16-17(20,13-8-4-5-9-15(13)18-16)14-10-12(14)11-6-2-1-3-7-11/h1-9,12,14,20H,10H2,(H,18,19). The molecule has 1 saturated carbocycles. The number of nitrogens with one attached hydrogen (secondary N) is 1. The first-order valence-corrected chi connectivity index (χ1v) is 6.89. The van der Waals surface area contributed by atoms with Gasteiger partial charge in [-0.05, 0) is 24.0 Å². The van der Waals surface area contributed by atoms with Gasteiger partial charge in [0.15, 0.2) is 5.60 Å². The number of fused-ring (bicyclic) bond motifs is 1. The van der Waals surface area contributed by atoms with Crippen LogP contribution in [0.2, 0.25) is 0 Å². The molecule has 3 nitrogen and oxygen atoms in total. The molecule has 0 aromatic heterocycles. The van der Waals surface area contributed by atoms with Crippen LogP contribution in [0.3, 0.4) is 0 Å². The Bertz CT molecular complexity index is 682. The minimum Gasteiger partial charge on any atom is -0.375 e. The van der Waals surface area contributed by atoms with Gasteiger partial charge in [0.05, 0.1) is 0 Å². The minimum absolute atomic E-state index is 0.0338. The van der Waals surface area contributed by atoms with Gasteiger partial charge >= 0.3 is 0 Å². The van der Waals surface area contributed by atoms with E-state index in [1.807, 2.05) is 42.5 Å².